The van der Waals surface area contributed by atoms with Crippen LogP contribution in [-0.2, 0) is 6.42 Å². The second-order valence-corrected chi connectivity index (χ2v) is 9.80. The lowest BCUT2D eigenvalue weighted by Gasteiger charge is -2.33. The average molecular weight is 497 g/mol. The highest BCUT2D eigenvalue weighted by atomic mass is 19.1. The Kier molecular flexibility index (Phi) is 6.18. The highest BCUT2D eigenvalue weighted by molar-refractivity contribution is 6.10. The smallest absolute Gasteiger partial charge is 0.326 e. The number of anilines is 2. The second kappa shape index (κ2) is 9.78. The quantitative estimate of drug-likeness (QED) is 0.535. The summed E-state index contributed by atoms with van der Waals surface area (Å²) in [5, 5.41) is 3.32. The third kappa shape index (κ3) is 5.11. The standard InChI is InChI=1S/C29H29FN6O/c1-19-12-21-14-24(30)25(15-22(21)13-19)37-29-33-27(17-28(34-29)36-10-8-35(2)9-11-36)32-26-16-23(18-31-26)20-6-4-3-5-7-20/h3-7,13-17H,8-12,18H2,1-2H3,(H,31,32,33,34). The van der Waals surface area contributed by atoms with E-state index in [1.807, 2.05) is 37.3 Å². The molecule has 1 aromatic heterocycles. The van der Waals surface area contributed by atoms with Crippen LogP contribution in [0.5, 0.6) is 11.8 Å². The number of amidine groups is 1. The Balaban J connectivity index is 1.29. The summed E-state index contributed by atoms with van der Waals surface area (Å²) in [4.78, 5) is 18.4. The lowest BCUT2D eigenvalue weighted by Crippen LogP contribution is -2.44. The Labute approximate surface area is 216 Å². The number of rotatable bonds is 5. The topological polar surface area (TPSA) is 65.9 Å². The van der Waals surface area contributed by atoms with Gasteiger partial charge in [0.05, 0.1) is 6.54 Å². The van der Waals surface area contributed by atoms with Crippen molar-refractivity contribution < 1.29 is 9.13 Å². The maximum atomic E-state index is 14.9. The predicted molar refractivity (Wildman–Crippen MR) is 146 cm³/mol. The average Bonchev–Trinajstić information content (AvgIpc) is 3.50. The molecule has 7 nitrogen and oxygen atoms in total. The van der Waals surface area contributed by atoms with Gasteiger partial charge in [-0.15, -0.1) is 0 Å². The van der Waals surface area contributed by atoms with E-state index in [9.17, 15) is 4.39 Å². The van der Waals surface area contributed by atoms with Crippen LogP contribution in [0.1, 0.15) is 23.6 Å². The Morgan fingerprint density at radius 2 is 1.78 bits per heavy atom. The van der Waals surface area contributed by atoms with Gasteiger partial charge in [-0.25, -0.2) is 4.39 Å². The maximum Gasteiger partial charge on any atom is 0.326 e. The fourth-order valence-corrected chi connectivity index (χ4v) is 4.87. The molecular formula is C29H29FN6O. The monoisotopic (exact) mass is 496 g/mol. The first-order valence-electron chi connectivity index (χ1n) is 12.6. The number of aliphatic imine (C=N–C) groups is 1. The van der Waals surface area contributed by atoms with Gasteiger partial charge in [-0.3, -0.25) is 4.99 Å². The van der Waals surface area contributed by atoms with Gasteiger partial charge in [-0.1, -0.05) is 42.0 Å². The molecule has 1 fully saturated rings. The molecule has 0 radical (unpaired) electrons. The molecule has 2 aromatic carbocycles. The van der Waals surface area contributed by atoms with Gasteiger partial charge in [0.15, 0.2) is 11.6 Å². The zero-order valence-electron chi connectivity index (χ0n) is 21.0. The van der Waals surface area contributed by atoms with Crippen molar-refractivity contribution in [1.82, 2.24) is 14.9 Å². The number of allylic oxidation sites excluding steroid dienone is 1. The van der Waals surface area contributed by atoms with Gasteiger partial charge in [0.2, 0.25) is 0 Å². The number of hydrogen-bond donors (Lipinski definition) is 1. The molecule has 3 aliphatic rings. The molecule has 0 atom stereocenters. The molecule has 8 heteroatoms. The molecule has 1 N–H and O–H groups in total. The summed E-state index contributed by atoms with van der Waals surface area (Å²) in [6.07, 6.45) is 4.85. The van der Waals surface area contributed by atoms with Gasteiger partial charge >= 0.3 is 6.01 Å². The molecule has 0 saturated carbocycles. The van der Waals surface area contributed by atoms with Crippen LogP contribution in [-0.4, -0.2) is 60.5 Å². The Bertz CT molecular complexity index is 1420. The summed E-state index contributed by atoms with van der Waals surface area (Å²) in [5.41, 5.74) is 5.42. The van der Waals surface area contributed by atoms with Crippen molar-refractivity contribution in [3.05, 3.63) is 82.7 Å². The van der Waals surface area contributed by atoms with E-state index in [2.05, 4.69) is 55.3 Å². The maximum absolute atomic E-state index is 14.9. The number of nitrogens with zero attached hydrogens (tertiary/aromatic N) is 5. The highest BCUT2D eigenvalue weighted by Crippen LogP contribution is 2.33. The van der Waals surface area contributed by atoms with Crippen molar-refractivity contribution in [2.24, 2.45) is 4.99 Å². The molecule has 1 saturated heterocycles. The van der Waals surface area contributed by atoms with Crippen molar-refractivity contribution in [2.45, 2.75) is 13.3 Å². The molecule has 0 spiro atoms. The minimum atomic E-state index is -0.416. The van der Waals surface area contributed by atoms with E-state index in [1.165, 1.54) is 5.57 Å². The van der Waals surface area contributed by atoms with Crippen LogP contribution in [0, 0.1) is 5.82 Å². The number of piperazine rings is 1. The molecule has 0 unspecified atom stereocenters. The third-order valence-corrected chi connectivity index (χ3v) is 6.92. The van der Waals surface area contributed by atoms with Gasteiger partial charge in [0, 0.05) is 32.2 Å². The van der Waals surface area contributed by atoms with Crippen LogP contribution in [0.25, 0.3) is 11.6 Å². The number of likely N-dealkylation sites (N-methyl/N-ethyl adjacent to an activating group) is 1. The van der Waals surface area contributed by atoms with Crippen LogP contribution < -0.4 is 15.0 Å². The predicted octanol–water partition coefficient (Wildman–Crippen LogP) is 5.03. The minimum Gasteiger partial charge on any atom is -0.421 e. The van der Waals surface area contributed by atoms with Crippen LogP contribution in [0.3, 0.4) is 0 Å². The van der Waals surface area contributed by atoms with Crippen LogP contribution in [0.4, 0.5) is 16.0 Å². The van der Waals surface area contributed by atoms with E-state index >= 15 is 0 Å². The molecule has 3 aromatic rings. The van der Waals surface area contributed by atoms with Crippen LogP contribution in [0.15, 0.2) is 65.2 Å². The zero-order valence-corrected chi connectivity index (χ0v) is 21.0. The summed E-state index contributed by atoms with van der Waals surface area (Å²) in [6, 6.07) is 15.5. The van der Waals surface area contributed by atoms with Crippen molar-refractivity contribution >= 4 is 29.1 Å². The summed E-state index contributed by atoms with van der Waals surface area (Å²) in [7, 11) is 2.11. The lowest BCUT2D eigenvalue weighted by molar-refractivity contribution is 0.311. The van der Waals surface area contributed by atoms with Gasteiger partial charge < -0.3 is 19.9 Å². The molecule has 6 rings (SSSR count). The number of ether oxygens (including phenoxy) is 1. The van der Waals surface area contributed by atoms with Gasteiger partial charge in [0.1, 0.15) is 17.5 Å². The van der Waals surface area contributed by atoms with E-state index in [0.717, 1.165) is 66.5 Å². The Morgan fingerprint density at radius 3 is 2.59 bits per heavy atom. The largest absolute Gasteiger partial charge is 0.421 e. The highest BCUT2D eigenvalue weighted by Gasteiger charge is 2.21. The summed E-state index contributed by atoms with van der Waals surface area (Å²) in [6.45, 7) is 6.18. The minimum absolute atomic E-state index is 0.0994. The van der Waals surface area contributed by atoms with Gasteiger partial charge in [-0.2, -0.15) is 9.97 Å². The summed E-state index contributed by atoms with van der Waals surface area (Å²) >= 11 is 0. The number of nitrogens with one attached hydrogen (secondary N) is 1. The first kappa shape index (κ1) is 23.4. The number of halogens is 1. The molecule has 0 bridgehead atoms. The molecule has 37 heavy (non-hydrogen) atoms. The number of aromatic nitrogens is 2. The van der Waals surface area contributed by atoms with Crippen molar-refractivity contribution in [1.29, 1.82) is 0 Å². The Morgan fingerprint density at radius 1 is 0.973 bits per heavy atom. The lowest BCUT2D eigenvalue weighted by atomic mass is 10.1. The molecule has 0 amide bonds. The fraction of sp³-hybridized carbons (Fsp3) is 0.276. The van der Waals surface area contributed by atoms with E-state index < -0.39 is 5.82 Å². The number of hydrogen-bond acceptors (Lipinski definition) is 7. The van der Waals surface area contributed by atoms with E-state index in [1.54, 1.807) is 12.1 Å². The van der Waals surface area contributed by atoms with Crippen molar-refractivity contribution in [3.63, 3.8) is 0 Å². The van der Waals surface area contributed by atoms with Crippen LogP contribution in [0.2, 0.25) is 0 Å². The van der Waals surface area contributed by atoms with Gasteiger partial charge in [0.25, 0.3) is 0 Å². The summed E-state index contributed by atoms with van der Waals surface area (Å²) < 4.78 is 20.9. The van der Waals surface area contributed by atoms with Gasteiger partial charge in [-0.05, 0) is 60.9 Å². The van der Waals surface area contributed by atoms with E-state index in [0.29, 0.717) is 12.4 Å². The molecule has 2 aliphatic heterocycles. The van der Waals surface area contributed by atoms with E-state index in [-0.39, 0.29) is 11.8 Å². The summed E-state index contributed by atoms with van der Waals surface area (Å²) in [5.74, 6) is 1.72. The van der Waals surface area contributed by atoms with Crippen LogP contribution >= 0.6 is 0 Å². The number of benzene rings is 2. The molecule has 3 heterocycles. The van der Waals surface area contributed by atoms with Crippen molar-refractivity contribution in [2.75, 3.05) is 50.0 Å². The first-order chi connectivity index (χ1) is 18.0. The number of fused-ring (bicyclic) bond motifs is 1. The zero-order chi connectivity index (χ0) is 25.4. The molecular weight excluding hydrogens is 467 g/mol. The first-order valence-corrected chi connectivity index (χ1v) is 12.6. The molecule has 188 valence electrons. The van der Waals surface area contributed by atoms with Crippen molar-refractivity contribution in [3.8, 4) is 11.8 Å². The fourth-order valence-electron chi connectivity index (χ4n) is 4.87. The van der Waals surface area contributed by atoms with E-state index in [4.69, 9.17) is 4.74 Å². The SMILES string of the molecule is CC1=Cc2cc(Oc3nc(NC4=NCC(c5ccccc5)=C4)cc(N4CCN(C)CC4)n3)c(F)cc2C1. The molecule has 1 aliphatic carbocycles. The Hall–Kier alpha value is -4.04. The third-order valence-electron chi connectivity index (χ3n) is 6.92. The second-order valence-electron chi connectivity index (χ2n) is 9.80. The normalized spacial score (nSPS) is 17.3.